The van der Waals surface area contributed by atoms with Gasteiger partial charge in [0.1, 0.15) is 5.69 Å². The third-order valence-electron chi connectivity index (χ3n) is 2.92. The lowest BCUT2D eigenvalue weighted by atomic mass is 10.2. The summed E-state index contributed by atoms with van der Waals surface area (Å²) in [5.74, 6) is -0.958. The highest BCUT2D eigenvalue weighted by molar-refractivity contribution is 6.33. The molecular weight excluding hydrogens is 308 g/mol. The van der Waals surface area contributed by atoms with E-state index in [1.165, 1.54) is 12.3 Å². The molecule has 1 N–H and O–H groups in total. The predicted octanol–water partition coefficient (Wildman–Crippen LogP) is 1.58. The number of halogens is 1. The van der Waals surface area contributed by atoms with Gasteiger partial charge < -0.3 is 10.1 Å². The molecule has 2 heterocycles. The number of hydrogen-bond acceptors (Lipinski definition) is 5. The molecule has 2 aromatic rings. The molecule has 0 saturated heterocycles. The van der Waals surface area contributed by atoms with Crippen LogP contribution < -0.4 is 5.32 Å². The number of nitrogens with zero attached hydrogens (tertiary/aromatic N) is 3. The number of pyridine rings is 1. The first-order valence-corrected chi connectivity index (χ1v) is 6.98. The van der Waals surface area contributed by atoms with Gasteiger partial charge in [-0.2, -0.15) is 5.10 Å². The molecule has 0 unspecified atom stereocenters. The van der Waals surface area contributed by atoms with Gasteiger partial charge in [-0.3, -0.25) is 9.48 Å². The van der Waals surface area contributed by atoms with Gasteiger partial charge in [-0.25, -0.2) is 9.78 Å². The summed E-state index contributed by atoms with van der Waals surface area (Å²) >= 11 is 6.01. The van der Waals surface area contributed by atoms with E-state index in [9.17, 15) is 9.59 Å². The molecule has 0 bridgehead atoms. The molecule has 0 aliphatic rings. The van der Waals surface area contributed by atoms with Crippen LogP contribution in [-0.4, -0.2) is 33.2 Å². The zero-order chi connectivity index (χ0) is 16.1. The monoisotopic (exact) mass is 322 g/mol. The molecule has 22 heavy (non-hydrogen) atoms. The Morgan fingerprint density at radius 3 is 2.82 bits per heavy atom. The third kappa shape index (κ3) is 3.62. The number of aryl methyl sites for hydroxylation is 1. The number of nitrogens with one attached hydrogen (secondary N) is 1. The fourth-order valence-corrected chi connectivity index (χ4v) is 2.01. The average molecular weight is 323 g/mol. The summed E-state index contributed by atoms with van der Waals surface area (Å²) in [4.78, 5) is 27.6. The molecule has 2 rings (SSSR count). The smallest absolute Gasteiger partial charge is 0.339 e. The van der Waals surface area contributed by atoms with Crippen molar-refractivity contribution in [1.29, 1.82) is 0 Å². The van der Waals surface area contributed by atoms with Crippen LogP contribution in [0.25, 0.3) is 0 Å². The maximum Gasteiger partial charge on any atom is 0.339 e. The van der Waals surface area contributed by atoms with Crippen LogP contribution in [0.1, 0.15) is 33.5 Å². The summed E-state index contributed by atoms with van der Waals surface area (Å²) < 4.78 is 6.50. The number of aromatic nitrogens is 3. The number of hydrogen-bond donors (Lipinski definition) is 1. The Bertz CT molecular complexity index is 699. The summed E-state index contributed by atoms with van der Waals surface area (Å²) in [6.45, 7) is 2.25. The van der Waals surface area contributed by atoms with Gasteiger partial charge in [0, 0.05) is 19.4 Å². The topological polar surface area (TPSA) is 86.1 Å². The van der Waals surface area contributed by atoms with E-state index < -0.39 is 11.9 Å². The van der Waals surface area contributed by atoms with Crippen LogP contribution in [0.5, 0.6) is 0 Å². The first-order chi connectivity index (χ1) is 10.5. The Labute approximate surface area is 132 Å². The summed E-state index contributed by atoms with van der Waals surface area (Å²) in [7, 11) is 1.78. The predicted molar refractivity (Wildman–Crippen MR) is 79.6 cm³/mol. The van der Waals surface area contributed by atoms with Crippen molar-refractivity contribution < 1.29 is 14.3 Å². The number of ether oxygens (including phenoxy) is 1. The quantitative estimate of drug-likeness (QED) is 0.844. The van der Waals surface area contributed by atoms with Crippen LogP contribution in [0.3, 0.4) is 0 Å². The lowest BCUT2D eigenvalue weighted by molar-refractivity contribution is 0.0525. The van der Waals surface area contributed by atoms with Crippen LogP contribution in [0.4, 0.5) is 0 Å². The summed E-state index contributed by atoms with van der Waals surface area (Å²) in [6.07, 6.45) is 2.91. The second-order valence-electron chi connectivity index (χ2n) is 4.40. The van der Waals surface area contributed by atoms with Gasteiger partial charge in [0.2, 0.25) is 0 Å². The van der Waals surface area contributed by atoms with Crippen LogP contribution in [-0.2, 0) is 18.3 Å². The average Bonchev–Trinajstić information content (AvgIpc) is 2.90. The lowest BCUT2D eigenvalue weighted by Crippen LogP contribution is -2.25. The standard InChI is InChI=1S/C14H15ClN4O3/c1-3-22-14(21)9-6-11(15)12(16-7-9)13(20)17-8-10-4-5-18-19(10)2/h4-7H,3,8H2,1-2H3,(H,17,20). The Hall–Kier alpha value is -2.41. The lowest BCUT2D eigenvalue weighted by Gasteiger charge is -2.07. The van der Waals surface area contributed by atoms with Gasteiger partial charge in [0.05, 0.1) is 29.4 Å². The van der Waals surface area contributed by atoms with Crippen molar-refractivity contribution >= 4 is 23.5 Å². The molecule has 7 nitrogen and oxygen atoms in total. The van der Waals surface area contributed by atoms with Crippen molar-refractivity contribution in [2.45, 2.75) is 13.5 Å². The highest BCUT2D eigenvalue weighted by atomic mass is 35.5. The van der Waals surface area contributed by atoms with E-state index >= 15 is 0 Å². The van der Waals surface area contributed by atoms with Crippen molar-refractivity contribution in [3.8, 4) is 0 Å². The number of esters is 1. The maximum absolute atomic E-state index is 12.1. The molecule has 0 aliphatic carbocycles. The van der Waals surface area contributed by atoms with E-state index in [0.29, 0.717) is 6.54 Å². The normalized spacial score (nSPS) is 10.3. The minimum Gasteiger partial charge on any atom is -0.462 e. The van der Waals surface area contributed by atoms with Gasteiger partial charge in [-0.15, -0.1) is 0 Å². The van der Waals surface area contributed by atoms with Crippen molar-refractivity contribution in [2.24, 2.45) is 7.05 Å². The minimum atomic E-state index is -0.529. The van der Waals surface area contributed by atoms with E-state index in [-0.39, 0.29) is 22.9 Å². The van der Waals surface area contributed by atoms with Crippen molar-refractivity contribution in [2.75, 3.05) is 6.61 Å². The van der Waals surface area contributed by atoms with Crippen LogP contribution in [0, 0.1) is 0 Å². The highest BCUT2D eigenvalue weighted by Crippen LogP contribution is 2.16. The van der Waals surface area contributed by atoms with E-state index in [1.54, 1.807) is 30.9 Å². The molecule has 0 saturated carbocycles. The molecule has 0 aliphatic heterocycles. The van der Waals surface area contributed by atoms with Crippen LogP contribution in [0.15, 0.2) is 24.5 Å². The second kappa shape index (κ2) is 7.04. The van der Waals surface area contributed by atoms with E-state index in [2.05, 4.69) is 15.4 Å². The van der Waals surface area contributed by atoms with Gasteiger partial charge in [0.25, 0.3) is 5.91 Å². The summed E-state index contributed by atoms with van der Waals surface area (Å²) in [6, 6.07) is 3.16. The van der Waals surface area contributed by atoms with E-state index in [1.807, 2.05) is 0 Å². The highest BCUT2D eigenvalue weighted by Gasteiger charge is 2.16. The fourth-order valence-electron chi connectivity index (χ4n) is 1.76. The van der Waals surface area contributed by atoms with Crippen molar-refractivity contribution in [3.05, 3.63) is 46.5 Å². The Kier molecular flexibility index (Phi) is 5.11. The number of carbonyl (C=O) groups excluding carboxylic acids is 2. The Morgan fingerprint density at radius 1 is 1.45 bits per heavy atom. The van der Waals surface area contributed by atoms with Gasteiger partial charge >= 0.3 is 5.97 Å². The molecular formula is C14H15ClN4O3. The molecule has 2 aromatic heterocycles. The number of rotatable bonds is 5. The minimum absolute atomic E-state index is 0.0527. The molecule has 1 amide bonds. The first-order valence-electron chi connectivity index (χ1n) is 6.60. The fraction of sp³-hybridized carbons (Fsp3) is 0.286. The Balaban J connectivity index is 2.07. The summed E-state index contributed by atoms with van der Waals surface area (Å²) in [5.41, 5.74) is 1.10. The third-order valence-corrected chi connectivity index (χ3v) is 3.21. The largest absolute Gasteiger partial charge is 0.462 e. The molecule has 116 valence electrons. The van der Waals surface area contributed by atoms with Crippen LogP contribution >= 0.6 is 11.6 Å². The van der Waals surface area contributed by atoms with Crippen molar-refractivity contribution in [3.63, 3.8) is 0 Å². The molecule has 0 aromatic carbocycles. The van der Waals surface area contributed by atoms with Crippen molar-refractivity contribution in [1.82, 2.24) is 20.1 Å². The SMILES string of the molecule is CCOC(=O)c1cnc(C(=O)NCc2ccnn2C)c(Cl)c1. The first kappa shape index (κ1) is 16.0. The second-order valence-corrected chi connectivity index (χ2v) is 4.81. The zero-order valence-corrected chi connectivity index (χ0v) is 12.9. The Morgan fingerprint density at radius 2 is 2.23 bits per heavy atom. The number of amides is 1. The van der Waals surface area contributed by atoms with E-state index in [0.717, 1.165) is 5.69 Å². The number of carbonyl (C=O) groups is 2. The maximum atomic E-state index is 12.1. The van der Waals surface area contributed by atoms with Gasteiger partial charge in [-0.1, -0.05) is 11.6 Å². The molecule has 0 atom stereocenters. The molecule has 0 fully saturated rings. The molecule has 0 radical (unpaired) electrons. The zero-order valence-electron chi connectivity index (χ0n) is 12.2. The van der Waals surface area contributed by atoms with Gasteiger partial charge in [0.15, 0.2) is 0 Å². The summed E-state index contributed by atoms with van der Waals surface area (Å²) in [5, 5.41) is 6.79. The van der Waals surface area contributed by atoms with Gasteiger partial charge in [-0.05, 0) is 19.1 Å². The molecule has 8 heteroatoms. The molecule has 0 spiro atoms. The van der Waals surface area contributed by atoms with E-state index in [4.69, 9.17) is 16.3 Å². The van der Waals surface area contributed by atoms with Crippen LogP contribution in [0.2, 0.25) is 5.02 Å².